The molecule has 0 atom stereocenters. The molecule has 0 radical (unpaired) electrons. The molecule has 1 saturated heterocycles. The average molecular weight is 557 g/mol. The number of nitro benzene ring substituents is 1. The lowest BCUT2D eigenvalue weighted by atomic mass is 10.2. The lowest BCUT2D eigenvalue weighted by molar-refractivity contribution is -0.385. The first kappa shape index (κ1) is 26.9. The number of nitro groups is 1. The number of halogens is 1. The Labute approximate surface area is 197 Å². The third kappa shape index (κ3) is 7.63. The quantitative estimate of drug-likeness (QED) is 0.197. The molecule has 0 amide bonds. The van der Waals surface area contributed by atoms with Gasteiger partial charge in [0, 0.05) is 43.6 Å². The van der Waals surface area contributed by atoms with Crippen LogP contribution in [-0.2, 0) is 20.1 Å². The fraction of sp³-hybridized carbons (Fsp3) is 0.667. The highest BCUT2D eigenvalue weighted by atomic mass is 79.9. The molecule has 1 fully saturated rings. The maximum Gasteiger partial charge on any atom is 0.270 e. The number of benzene rings is 1. The van der Waals surface area contributed by atoms with Crippen LogP contribution in [0.2, 0.25) is 0 Å². The Kier molecular flexibility index (Phi) is 9.85. The van der Waals surface area contributed by atoms with Gasteiger partial charge in [-0.25, -0.2) is 8.42 Å². The highest BCUT2D eigenvalue weighted by molar-refractivity contribution is 9.09. The van der Waals surface area contributed by atoms with Gasteiger partial charge in [-0.1, -0.05) is 15.9 Å². The topological polar surface area (TPSA) is 141 Å². The zero-order valence-corrected chi connectivity index (χ0v) is 21.1. The zero-order valence-electron chi connectivity index (χ0n) is 17.9. The van der Waals surface area contributed by atoms with Crippen LogP contribution in [0.5, 0.6) is 0 Å². The van der Waals surface area contributed by atoms with Gasteiger partial charge in [0.05, 0.1) is 16.4 Å². The first-order valence-corrected chi connectivity index (χ1v) is 14.4. The van der Waals surface area contributed by atoms with Gasteiger partial charge >= 0.3 is 0 Å². The molecule has 0 spiro atoms. The predicted molar refractivity (Wildman–Crippen MR) is 126 cm³/mol. The molecule has 1 aliphatic heterocycles. The monoisotopic (exact) mass is 556 g/mol. The van der Waals surface area contributed by atoms with Crippen molar-refractivity contribution in [2.75, 3.05) is 62.3 Å². The summed E-state index contributed by atoms with van der Waals surface area (Å²) < 4.78 is 59.7. The second-order valence-corrected chi connectivity index (χ2v) is 11.9. The van der Waals surface area contributed by atoms with E-state index in [9.17, 15) is 26.9 Å². The lowest BCUT2D eigenvalue weighted by Crippen LogP contribution is -2.39. The van der Waals surface area contributed by atoms with Crippen molar-refractivity contribution in [2.24, 2.45) is 0 Å². The summed E-state index contributed by atoms with van der Waals surface area (Å²) in [5.41, 5.74) is -0.0691. The van der Waals surface area contributed by atoms with Gasteiger partial charge < -0.3 is 9.80 Å². The molecule has 1 aliphatic rings. The Morgan fingerprint density at radius 3 is 2.28 bits per heavy atom. The number of anilines is 1. The number of hydrogen-bond donors (Lipinski definition) is 1. The van der Waals surface area contributed by atoms with E-state index in [1.54, 1.807) is 4.90 Å². The summed E-state index contributed by atoms with van der Waals surface area (Å²) in [5, 5.41) is 11.8. The molecule has 32 heavy (non-hydrogen) atoms. The van der Waals surface area contributed by atoms with E-state index in [-0.39, 0.29) is 29.2 Å². The van der Waals surface area contributed by atoms with Crippen LogP contribution < -0.4 is 4.90 Å². The SMILES string of the molecule is CN1CCCN(S(=O)(=O)c2cc([N+](=O)[O-])ccc2N(CCBr)CCCS(=O)(=O)O)CCC1. The number of sulfonamides is 1. The number of hydrogen-bond acceptors (Lipinski definition) is 8. The third-order valence-corrected chi connectivity index (χ3v) is 8.28. The molecule has 2 rings (SSSR count). The molecule has 182 valence electrons. The standard InChI is InChI=1S/C18H29BrN4O7S2/c1-20-8-2-11-22(12-3-9-20)32(29,30)18-15-16(23(24)25)5-6-17(18)21(13-7-19)10-4-14-31(26,27)28/h5-6,15H,2-4,7-14H2,1H3,(H,26,27,28). The molecule has 11 nitrogen and oxygen atoms in total. The summed E-state index contributed by atoms with van der Waals surface area (Å²) in [7, 11) is -6.22. The number of alkyl halides is 1. The fourth-order valence-corrected chi connectivity index (χ4v) is 6.28. The van der Waals surface area contributed by atoms with Crippen molar-refractivity contribution in [3.63, 3.8) is 0 Å². The fourth-order valence-electron chi connectivity index (χ4n) is 3.61. The van der Waals surface area contributed by atoms with Crippen molar-refractivity contribution in [2.45, 2.75) is 24.2 Å². The van der Waals surface area contributed by atoms with E-state index in [0.29, 0.717) is 37.8 Å². The Morgan fingerprint density at radius 2 is 1.75 bits per heavy atom. The Balaban J connectivity index is 2.45. The Hall–Kier alpha value is -1.32. The number of non-ortho nitro benzene ring substituents is 1. The average Bonchev–Trinajstić information content (AvgIpc) is 2.68. The molecular formula is C18H29BrN4O7S2. The van der Waals surface area contributed by atoms with Gasteiger partial charge in [-0.3, -0.25) is 14.7 Å². The molecule has 1 heterocycles. The normalized spacial score (nSPS) is 17.0. The minimum Gasteiger partial charge on any atom is -0.370 e. The molecule has 1 aromatic carbocycles. The molecule has 14 heteroatoms. The maximum absolute atomic E-state index is 13.6. The van der Waals surface area contributed by atoms with Crippen LogP contribution in [0.15, 0.2) is 23.1 Å². The minimum atomic E-state index is -4.16. The van der Waals surface area contributed by atoms with Gasteiger partial charge in [-0.05, 0) is 45.5 Å². The zero-order chi connectivity index (χ0) is 23.9. The smallest absolute Gasteiger partial charge is 0.270 e. The number of nitrogens with zero attached hydrogens (tertiary/aromatic N) is 4. The van der Waals surface area contributed by atoms with Crippen molar-refractivity contribution in [3.05, 3.63) is 28.3 Å². The van der Waals surface area contributed by atoms with E-state index in [4.69, 9.17) is 4.55 Å². The van der Waals surface area contributed by atoms with Crippen molar-refractivity contribution in [1.29, 1.82) is 0 Å². The van der Waals surface area contributed by atoms with E-state index in [2.05, 4.69) is 20.8 Å². The summed E-state index contributed by atoms with van der Waals surface area (Å²) >= 11 is 3.31. The first-order valence-electron chi connectivity index (χ1n) is 10.2. The molecule has 0 bridgehead atoms. The van der Waals surface area contributed by atoms with E-state index in [1.165, 1.54) is 16.4 Å². The second kappa shape index (κ2) is 11.7. The molecular weight excluding hydrogens is 528 g/mol. The van der Waals surface area contributed by atoms with Gasteiger partial charge in [0.25, 0.3) is 15.8 Å². The van der Waals surface area contributed by atoms with Gasteiger partial charge in [-0.2, -0.15) is 12.7 Å². The van der Waals surface area contributed by atoms with Gasteiger partial charge in [0.15, 0.2) is 0 Å². The summed E-state index contributed by atoms with van der Waals surface area (Å²) in [4.78, 5) is 14.3. The van der Waals surface area contributed by atoms with Gasteiger partial charge in [0.2, 0.25) is 10.0 Å². The van der Waals surface area contributed by atoms with Crippen molar-refractivity contribution in [1.82, 2.24) is 9.21 Å². The summed E-state index contributed by atoms with van der Waals surface area (Å²) in [5.74, 6) is -0.472. The molecule has 1 N–H and O–H groups in total. The molecule has 1 aromatic rings. The molecule has 0 unspecified atom stereocenters. The van der Waals surface area contributed by atoms with E-state index >= 15 is 0 Å². The van der Waals surface area contributed by atoms with Crippen LogP contribution in [0.1, 0.15) is 19.3 Å². The maximum atomic E-state index is 13.6. The lowest BCUT2D eigenvalue weighted by Gasteiger charge is -2.30. The Morgan fingerprint density at radius 1 is 1.12 bits per heavy atom. The van der Waals surface area contributed by atoms with E-state index < -0.39 is 30.8 Å². The molecule has 0 aromatic heterocycles. The highest BCUT2D eigenvalue weighted by Crippen LogP contribution is 2.32. The van der Waals surface area contributed by atoms with Crippen molar-refractivity contribution >= 4 is 47.4 Å². The molecule has 0 aliphatic carbocycles. The number of rotatable bonds is 10. The largest absolute Gasteiger partial charge is 0.370 e. The van der Waals surface area contributed by atoms with Crippen LogP contribution in [0.4, 0.5) is 11.4 Å². The van der Waals surface area contributed by atoms with Crippen LogP contribution >= 0.6 is 15.9 Å². The Bertz CT molecular complexity index is 995. The summed E-state index contributed by atoms with van der Waals surface area (Å²) in [6.45, 7) is 2.59. The second-order valence-electron chi connectivity index (χ2n) is 7.64. The molecule has 0 saturated carbocycles. The predicted octanol–water partition coefficient (Wildman–Crippen LogP) is 1.79. The van der Waals surface area contributed by atoms with E-state index in [1.807, 2.05) is 7.05 Å². The van der Waals surface area contributed by atoms with Gasteiger partial charge in [0.1, 0.15) is 4.90 Å². The van der Waals surface area contributed by atoms with Crippen molar-refractivity contribution in [3.8, 4) is 0 Å². The van der Waals surface area contributed by atoms with Crippen LogP contribution in [0.3, 0.4) is 0 Å². The van der Waals surface area contributed by atoms with Crippen LogP contribution in [0.25, 0.3) is 0 Å². The van der Waals surface area contributed by atoms with Crippen molar-refractivity contribution < 1.29 is 26.3 Å². The first-order chi connectivity index (χ1) is 15.0. The highest BCUT2D eigenvalue weighted by Gasteiger charge is 2.31. The summed E-state index contributed by atoms with van der Waals surface area (Å²) in [6.07, 6.45) is 1.34. The summed E-state index contributed by atoms with van der Waals surface area (Å²) in [6, 6.07) is 3.69. The minimum absolute atomic E-state index is 0.0678. The van der Waals surface area contributed by atoms with E-state index in [0.717, 1.165) is 19.2 Å². The van der Waals surface area contributed by atoms with Crippen LogP contribution in [-0.4, -0.2) is 92.9 Å². The van der Waals surface area contributed by atoms with Crippen LogP contribution in [0, 0.1) is 10.1 Å². The van der Waals surface area contributed by atoms with Gasteiger partial charge in [-0.15, -0.1) is 0 Å². The third-order valence-electron chi connectivity index (χ3n) is 5.19.